The minimum absolute atomic E-state index is 0.0492. The first-order valence-corrected chi connectivity index (χ1v) is 13.3. The molecule has 0 saturated carbocycles. The molecule has 4 aromatic heterocycles. The van der Waals surface area contributed by atoms with Crippen molar-refractivity contribution < 1.29 is 27.2 Å². The molecular weight excluding hydrogens is 598 g/mol. The summed E-state index contributed by atoms with van der Waals surface area (Å²) >= 11 is 7.21. The van der Waals surface area contributed by atoms with Crippen molar-refractivity contribution in [3.8, 4) is 11.3 Å². The molecule has 5 aromatic rings. The van der Waals surface area contributed by atoms with Crippen LogP contribution >= 0.6 is 22.9 Å². The summed E-state index contributed by atoms with van der Waals surface area (Å²) in [6.07, 6.45) is -0.845. The molecule has 42 heavy (non-hydrogen) atoms. The minimum atomic E-state index is -4.83. The Balaban J connectivity index is 1.53. The second-order valence-corrected chi connectivity index (χ2v) is 10.7. The number of carbonyl (C=O) groups excluding carboxylic acids is 2. The molecular formula is C28H18ClF4N5O3S. The van der Waals surface area contributed by atoms with Crippen LogP contribution in [0.3, 0.4) is 0 Å². The number of aromatic nitrogens is 4. The van der Waals surface area contributed by atoms with Crippen molar-refractivity contribution in [2.75, 3.05) is 5.32 Å². The van der Waals surface area contributed by atoms with E-state index in [0.29, 0.717) is 9.02 Å². The van der Waals surface area contributed by atoms with Crippen LogP contribution in [0.25, 0.3) is 11.3 Å². The van der Waals surface area contributed by atoms with Crippen molar-refractivity contribution in [3.05, 3.63) is 121 Å². The second kappa shape index (κ2) is 11.7. The molecule has 4 heterocycles. The highest BCUT2D eigenvalue weighted by molar-refractivity contribution is 7.16. The molecule has 14 heteroatoms. The van der Waals surface area contributed by atoms with Crippen LogP contribution in [0.15, 0.2) is 84.0 Å². The van der Waals surface area contributed by atoms with Gasteiger partial charge in [0.25, 0.3) is 11.5 Å². The first kappa shape index (κ1) is 28.9. The van der Waals surface area contributed by atoms with Crippen LogP contribution in [0.1, 0.15) is 31.2 Å². The molecule has 1 aromatic carbocycles. The number of nitrogens with one attached hydrogen (secondary N) is 1. The van der Waals surface area contributed by atoms with E-state index in [-0.39, 0.29) is 29.2 Å². The summed E-state index contributed by atoms with van der Waals surface area (Å²) in [5.41, 5.74) is -3.26. The van der Waals surface area contributed by atoms with Crippen LogP contribution in [0.2, 0.25) is 4.34 Å². The summed E-state index contributed by atoms with van der Waals surface area (Å²) in [7, 11) is 0. The summed E-state index contributed by atoms with van der Waals surface area (Å²) in [6, 6.07) is 13.1. The smallest absolute Gasteiger partial charge is 0.365 e. The SMILES string of the molecule is O=C(Cn1ccc(-c2cc(NCc3ccc(Cl)s3)n(C(=O)c3ccccc3C(F)(F)F)n2)c(F)c1=O)c1cccnc1. The minimum Gasteiger partial charge on any atom is -0.365 e. The van der Waals surface area contributed by atoms with Gasteiger partial charge in [0, 0.05) is 40.7 Å². The van der Waals surface area contributed by atoms with Gasteiger partial charge in [0.05, 0.1) is 34.2 Å². The number of carbonyl (C=O) groups is 2. The Morgan fingerprint density at radius 2 is 1.83 bits per heavy atom. The zero-order valence-corrected chi connectivity index (χ0v) is 22.8. The van der Waals surface area contributed by atoms with Crippen molar-refractivity contribution in [2.24, 2.45) is 0 Å². The molecule has 0 bridgehead atoms. The van der Waals surface area contributed by atoms with Crippen LogP contribution in [0.4, 0.5) is 23.4 Å². The van der Waals surface area contributed by atoms with Crippen molar-refractivity contribution >= 4 is 40.4 Å². The Bertz CT molecular complexity index is 1850. The van der Waals surface area contributed by atoms with Crippen molar-refractivity contribution in [3.63, 3.8) is 0 Å². The average Bonchev–Trinajstić information content (AvgIpc) is 3.60. The number of alkyl halides is 3. The van der Waals surface area contributed by atoms with E-state index >= 15 is 4.39 Å². The predicted octanol–water partition coefficient (Wildman–Crippen LogP) is 6.16. The Morgan fingerprint density at radius 3 is 2.52 bits per heavy atom. The number of halogens is 5. The number of pyridine rings is 2. The average molecular weight is 616 g/mol. The van der Waals surface area contributed by atoms with E-state index < -0.39 is 46.9 Å². The lowest BCUT2D eigenvalue weighted by atomic mass is 10.1. The molecule has 8 nitrogen and oxygen atoms in total. The van der Waals surface area contributed by atoms with Gasteiger partial charge in [0.1, 0.15) is 5.82 Å². The van der Waals surface area contributed by atoms with E-state index in [1.165, 1.54) is 54.2 Å². The normalized spacial score (nSPS) is 11.5. The Morgan fingerprint density at radius 1 is 1.05 bits per heavy atom. The lowest BCUT2D eigenvalue weighted by molar-refractivity contribution is -0.137. The molecule has 5 rings (SSSR count). The van der Waals surface area contributed by atoms with E-state index in [1.54, 1.807) is 18.2 Å². The highest BCUT2D eigenvalue weighted by Crippen LogP contribution is 2.33. The van der Waals surface area contributed by atoms with Gasteiger partial charge in [-0.1, -0.05) is 23.7 Å². The van der Waals surface area contributed by atoms with Gasteiger partial charge in [0.2, 0.25) is 0 Å². The van der Waals surface area contributed by atoms with Crippen LogP contribution < -0.4 is 10.9 Å². The molecule has 0 spiro atoms. The summed E-state index contributed by atoms with van der Waals surface area (Å²) in [5, 5.41) is 7.01. The molecule has 214 valence electrons. The summed E-state index contributed by atoms with van der Waals surface area (Å²) in [6.45, 7) is -0.337. The molecule has 0 atom stereocenters. The van der Waals surface area contributed by atoms with Crippen molar-refractivity contribution in [1.29, 1.82) is 0 Å². The number of hydrogen-bond donors (Lipinski definition) is 1. The third kappa shape index (κ3) is 6.02. The number of nitrogens with zero attached hydrogens (tertiary/aromatic N) is 4. The molecule has 0 amide bonds. The molecule has 0 aliphatic rings. The maximum Gasteiger partial charge on any atom is 0.417 e. The third-order valence-electron chi connectivity index (χ3n) is 6.12. The van der Waals surface area contributed by atoms with Gasteiger partial charge in [-0.25, -0.2) is 4.39 Å². The molecule has 1 N–H and O–H groups in total. The number of anilines is 1. The Labute approximate surface area is 243 Å². The topological polar surface area (TPSA) is 98.9 Å². The number of rotatable bonds is 8. The lowest BCUT2D eigenvalue weighted by Gasteiger charge is -2.13. The van der Waals surface area contributed by atoms with E-state index in [4.69, 9.17) is 11.6 Å². The van der Waals surface area contributed by atoms with E-state index in [2.05, 4.69) is 15.4 Å². The van der Waals surface area contributed by atoms with Crippen LogP contribution in [-0.4, -0.2) is 31.0 Å². The number of thiophene rings is 1. The molecule has 0 radical (unpaired) electrons. The second-order valence-electron chi connectivity index (χ2n) is 8.88. The Hall–Kier alpha value is -4.62. The van der Waals surface area contributed by atoms with Crippen LogP contribution in [0.5, 0.6) is 0 Å². The van der Waals surface area contributed by atoms with E-state index in [0.717, 1.165) is 27.6 Å². The van der Waals surface area contributed by atoms with Crippen LogP contribution in [-0.2, 0) is 19.3 Å². The van der Waals surface area contributed by atoms with Crippen LogP contribution in [0, 0.1) is 5.82 Å². The number of Topliss-reactive ketones (excluding diaryl/α,β-unsaturated/α-hetero) is 1. The number of benzene rings is 1. The van der Waals surface area contributed by atoms with E-state index in [1.807, 2.05) is 0 Å². The van der Waals surface area contributed by atoms with Crippen molar-refractivity contribution in [2.45, 2.75) is 19.3 Å². The van der Waals surface area contributed by atoms with Gasteiger partial charge in [-0.15, -0.1) is 11.3 Å². The molecule has 0 fully saturated rings. The molecule has 0 aliphatic heterocycles. The van der Waals surface area contributed by atoms with E-state index in [9.17, 15) is 27.6 Å². The fourth-order valence-electron chi connectivity index (χ4n) is 4.09. The lowest BCUT2D eigenvalue weighted by Crippen LogP contribution is -2.26. The predicted molar refractivity (Wildman–Crippen MR) is 148 cm³/mol. The third-order valence-corrected chi connectivity index (χ3v) is 7.35. The number of hydrogen-bond acceptors (Lipinski definition) is 7. The zero-order valence-electron chi connectivity index (χ0n) is 21.2. The van der Waals surface area contributed by atoms with Gasteiger partial charge >= 0.3 is 6.18 Å². The first-order chi connectivity index (χ1) is 20.0. The van der Waals surface area contributed by atoms with Gasteiger partial charge in [0.15, 0.2) is 11.6 Å². The van der Waals surface area contributed by atoms with Gasteiger partial charge in [-0.3, -0.25) is 19.4 Å². The standard InChI is InChI=1S/C28H18ClF4N5O3S/c29-23-8-7-17(42-23)14-35-24-12-21(36-38(24)26(40)18-5-1-2-6-20(18)28(31,32)33)19-9-11-37(27(41)25(19)30)15-22(39)16-4-3-10-34-13-16/h1-13,35H,14-15H2. The Kier molecular flexibility index (Phi) is 8.05. The molecule has 0 unspecified atom stereocenters. The fourth-order valence-corrected chi connectivity index (χ4v) is 5.12. The summed E-state index contributed by atoms with van der Waals surface area (Å²) in [5.74, 6) is -2.92. The van der Waals surface area contributed by atoms with Gasteiger partial charge in [-0.2, -0.15) is 23.0 Å². The monoisotopic (exact) mass is 615 g/mol. The maximum absolute atomic E-state index is 15.4. The largest absolute Gasteiger partial charge is 0.417 e. The number of ketones is 1. The molecule has 0 saturated heterocycles. The zero-order chi connectivity index (χ0) is 30.0. The highest BCUT2D eigenvalue weighted by Gasteiger charge is 2.36. The first-order valence-electron chi connectivity index (χ1n) is 12.1. The fraction of sp³-hybridized carbons (Fsp3) is 0.107. The summed E-state index contributed by atoms with van der Waals surface area (Å²) in [4.78, 5) is 43.3. The van der Waals surface area contributed by atoms with Gasteiger partial charge < -0.3 is 9.88 Å². The highest BCUT2D eigenvalue weighted by atomic mass is 35.5. The van der Waals surface area contributed by atoms with Gasteiger partial charge in [-0.05, 0) is 42.5 Å². The summed E-state index contributed by atoms with van der Waals surface area (Å²) < 4.78 is 58.5. The quantitative estimate of drug-likeness (QED) is 0.166. The maximum atomic E-state index is 15.4. The molecule has 0 aliphatic carbocycles. The van der Waals surface area contributed by atoms with Crippen molar-refractivity contribution in [1.82, 2.24) is 19.3 Å².